The van der Waals surface area contributed by atoms with Crippen LogP contribution in [-0.2, 0) is 4.79 Å². The molecule has 2 aliphatic heterocycles. The van der Waals surface area contributed by atoms with Crippen molar-refractivity contribution in [3.8, 4) is 0 Å². The number of carbonyl (C=O) groups excluding carboxylic acids is 1. The second-order valence-corrected chi connectivity index (χ2v) is 4.15. The molecule has 1 atom stereocenters. The molecule has 0 radical (unpaired) electrons. The van der Waals surface area contributed by atoms with E-state index in [1.54, 1.807) is 4.90 Å². The number of thiocarbonyl (C=S) groups is 1. The van der Waals surface area contributed by atoms with Crippen LogP contribution in [-0.4, -0.2) is 28.5 Å². The average Bonchev–Trinajstić information content (AvgIpc) is 2.33. The second kappa shape index (κ2) is 3.03. The molecule has 0 aliphatic carbocycles. The van der Waals surface area contributed by atoms with Gasteiger partial charge in [0.2, 0.25) is 0 Å². The predicted octanol–water partition coefficient (Wildman–Crippen LogP) is 1.39. The molecule has 76 valence electrons. The van der Waals surface area contributed by atoms with Gasteiger partial charge in [0, 0.05) is 6.54 Å². The van der Waals surface area contributed by atoms with Gasteiger partial charge in [-0.25, -0.2) is 0 Å². The summed E-state index contributed by atoms with van der Waals surface area (Å²) in [4.78, 5) is 15.6. The lowest BCUT2D eigenvalue weighted by Gasteiger charge is -2.32. The number of carbonyl (C=O) groups is 1. The molecule has 1 aromatic rings. The van der Waals surface area contributed by atoms with Crippen molar-refractivity contribution in [3.63, 3.8) is 0 Å². The molecule has 0 saturated carbocycles. The molecule has 0 aromatic heterocycles. The van der Waals surface area contributed by atoms with E-state index >= 15 is 0 Å². The van der Waals surface area contributed by atoms with Crippen molar-refractivity contribution in [1.29, 1.82) is 0 Å². The topological polar surface area (TPSA) is 23.6 Å². The molecule has 1 aromatic carbocycles. The van der Waals surface area contributed by atoms with Gasteiger partial charge in [-0.1, -0.05) is 18.2 Å². The summed E-state index contributed by atoms with van der Waals surface area (Å²) >= 11 is 5.28. The Hall–Kier alpha value is -1.42. The van der Waals surface area contributed by atoms with E-state index in [0.717, 1.165) is 18.7 Å². The maximum atomic E-state index is 12.0. The molecular formula is C11H10N2OS. The Morgan fingerprint density at radius 2 is 2.00 bits per heavy atom. The average molecular weight is 218 g/mol. The molecule has 0 N–H and O–H groups in total. The minimum atomic E-state index is 0.0118. The molecule has 2 saturated heterocycles. The number of fused-ring (bicyclic) bond motifs is 1. The highest BCUT2D eigenvalue weighted by atomic mass is 32.1. The number of hydrogen-bond acceptors (Lipinski definition) is 2. The Balaban J connectivity index is 2.00. The first kappa shape index (κ1) is 8.85. The first-order valence-corrected chi connectivity index (χ1v) is 5.39. The number of rotatable bonds is 1. The molecule has 2 fully saturated rings. The summed E-state index contributed by atoms with van der Waals surface area (Å²) in [6.45, 7) is 0.915. The predicted molar refractivity (Wildman–Crippen MR) is 61.6 cm³/mol. The summed E-state index contributed by atoms with van der Waals surface area (Å²) < 4.78 is 0. The first-order valence-electron chi connectivity index (χ1n) is 4.98. The third-order valence-electron chi connectivity index (χ3n) is 2.98. The Kier molecular flexibility index (Phi) is 1.79. The number of amides is 1. The maximum Gasteiger partial charge on any atom is 0.256 e. The Morgan fingerprint density at radius 1 is 1.27 bits per heavy atom. The van der Waals surface area contributed by atoms with Crippen LogP contribution in [0.25, 0.3) is 0 Å². The van der Waals surface area contributed by atoms with Gasteiger partial charge < -0.3 is 4.90 Å². The second-order valence-electron chi connectivity index (χ2n) is 3.79. The van der Waals surface area contributed by atoms with Crippen molar-refractivity contribution in [2.75, 3.05) is 11.4 Å². The number of para-hydroxylation sites is 1. The van der Waals surface area contributed by atoms with Gasteiger partial charge in [0.1, 0.15) is 6.04 Å². The van der Waals surface area contributed by atoms with Gasteiger partial charge >= 0.3 is 0 Å². The quantitative estimate of drug-likeness (QED) is 0.666. The standard InChI is InChI=1S/C11H10N2OS/c14-10-9-6-7-12(9)11(15)13(10)8-4-2-1-3-5-8/h1-5,9H,6-7H2/t9-/m0/s1. The Bertz CT molecular complexity index is 409. The van der Waals surface area contributed by atoms with Crippen molar-refractivity contribution in [1.82, 2.24) is 4.90 Å². The van der Waals surface area contributed by atoms with E-state index in [4.69, 9.17) is 12.2 Å². The SMILES string of the molecule is O=C1[C@@H]2CCN2C(=S)N1c1ccccc1. The monoisotopic (exact) mass is 218 g/mol. The normalized spacial score (nSPS) is 24.1. The van der Waals surface area contributed by atoms with Crippen molar-refractivity contribution in [2.45, 2.75) is 12.5 Å². The van der Waals surface area contributed by atoms with E-state index in [9.17, 15) is 4.79 Å². The van der Waals surface area contributed by atoms with Crippen molar-refractivity contribution in [2.24, 2.45) is 0 Å². The number of benzene rings is 1. The van der Waals surface area contributed by atoms with Crippen LogP contribution in [0.2, 0.25) is 0 Å². The molecule has 0 unspecified atom stereocenters. The van der Waals surface area contributed by atoms with Crippen LogP contribution in [0.15, 0.2) is 30.3 Å². The molecule has 1 amide bonds. The Morgan fingerprint density at radius 3 is 2.47 bits per heavy atom. The molecule has 15 heavy (non-hydrogen) atoms. The lowest BCUT2D eigenvalue weighted by Crippen LogP contribution is -2.46. The number of hydrogen-bond donors (Lipinski definition) is 0. The van der Waals surface area contributed by atoms with E-state index in [-0.39, 0.29) is 11.9 Å². The minimum absolute atomic E-state index is 0.0118. The summed E-state index contributed by atoms with van der Waals surface area (Å²) in [5.74, 6) is 0.123. The van der Waals surface area contributed by atoms with Gasteiger partial charge in [0.05, 0.1) is 5.69 Å². The summed E-state index contributed by atoms with van der Waals surface area (Å²) in [5.41, 5.74) is 0.877. The minimum Gasteiger partial charge on any atom is -0.336 e. The van der Waals surface area contributed by atoms with Crippen LogP contribution in [0.1, 0.15) is 6.42 Å². The zero-order valence-corrected chi connectivity index (χ0v) is 8.91. The van der Waals surface area contributed by atoms with Crippen molar-refractivity contribution >= 4 is 28.9 Å². The summed E-state index contributed by atoms with van der Waals surface area (Å²) in [6, 6.07) is 9.60. The lowest BCUT2D eigenvalue weighted by molar-refractivity contribution is -0.121. The van der Waals surface area contributed by atoms with Gasteiger partial charge in [-0.2, -0.15) is 0 Å². The van der Waals surface area contributed by atoms with Crippen LogP contribution < -0.4 is 4.90 Å². The Labute approximate surface area is 93.3 Å². The van der Waals surface area contributed by atoms with Gasteiger partial charge in [-0.3, -0.25) is 9.69 Å². The molecule has 3 nitrogen and oxygen atoms in total. The summed E-state index contributed by atoms with van der Waals surface area (Å²) in [6.07, 6.45) is 0.933. The van der Waals surface area contributed by atoms with Gasteiger partial charge in [0.25, 0.3) is 5.91 Å². The summed E-state index contributed by atoms with van der Waals surface area (Å²) in [7, 11) is 0. The molecule has 0 bridgehead atoms. The fourth-order valence-corrected chi connectivity index (χ4v) is 2.47. The van der Waals surface area contributed by atoms with E-state index in [1.165, 1.54) is 0 Å². The fraction of sp³-hybridized carbons (Fsp3) is 0.273. The van der Waals surface area contributed by atoms with Crippen molar-refractivity contribution < 1.29 is 4.79 Å². The highest BCUT2D eigenvalue weighted by molar-refractivity contribution is 7.80. The number of anilines is 1. The first-order chi connectivity index (χ1) is 7.29. The van der Waals surface area contributed by atoms with Crippen LogP contribution in [0, 0.1) is 0 Å². The van der Waals surface area contributed by atoms with Crippen LogP contribution in [0.4, 0.5) is 5.69 Å². The van der Waals surface area contributed by atoms with E-state index in [2.05, 4.69) is 0 Å². The van der Waals surface area contributed by atoms with Crippen LogP contribution >= 0.6 is 12.2 Å². The number of nitrogens with zero attached hydrogens (tertiary/aromatic N) is 2. The van der Waals surface area contributed by atoms with Gasteiger partial charge in [-0.05, 0) is 30.8 Å². The zero-order chi connectivity index (χ0) is 10.4. The smallest absolute Gasteiger partial charge is 0.256 e. The maximum absolute atomic E-state index is 12.0. The lowest BCUT2D eigenvalue weighted by atomic mass is 10.1. The van der Waals surface area contributed by atoms with Gasteiger partial charge in [-0.15, -0.1) is 0 Å². The zero-order valence-electron chi connectivity index (χ0n) is 8.09. The molecule has 2 heterocycles. The molecular weight excluding hydrogens is 208 g/mol. The van der Waals surface area contributed by atoms with Gasteiger partial charge in [0.15, 0.2) is 5.11 Å². The molecule has 4 heteroatoms. The van der Waals surface area contributed by atoms with Crippen LogP contribution in [0.5, 0.6) is 0 Å². The molecule has 3 rings (SSSR count). The van der Waals surface area contributed by atoms with E-state index in [0.29, 0.717) is 5.11 Å². The van der Waals surface area contributed by atoms with E-state index in [1.807, 2.05) is 35.2 Å². The van der Waals surface area contributed by atoms with Crippen LogP contribution in [0.3, 0.4) is 0 Å². The van der Waals surface area contributed by atoms with E-state index < -0.39 is 0 Å². The fourth-order valence-electron chi connectivity index (χ4n) is 2.06. The summed E-state index contributed by atoms with van der Waals surface area (Å²) in [5, 5.41) is 0.655. The third kappa shape index (κ3) is 1.11. The highest BCUT2D eigenvalue weighted by Gasteiger charge is 2.48. The highest BCUT2D eigenvalue weighted by Crippen LogP contribution is 2.32. The third-order valence-corrected chi connectivity index (χ3v) is 3.39. The molecule has 2 aliphatic rings. The largest absolute Gasteiger partial charge is 0.336 e. The molecule has 0 spiro atoms. The van der Waals surface area contributed by atoms with Crippen molar-refractivity contribution in [3.05, 3.63) is 30.3 Å².